The predicted octanol–water partition coefficient (Wildman–Crippen LogP) is 2.59. The zero-order chi connectivity index (χ0) is 24.0. The summed E-state index contributed by atoms with van der Waals surface area (Å²) in [6, 6.07) is 19.4. The highest BCUT2D eigenvalue weighted by Gasteiger charge is 2.22. The molecule has 2 amide bonds. The first kappa shape index (κ1) is 23.8. The summed E-state index contributed by atoms with van der Waals surface area (Å²) >= 11 is 0. The molecular formula is C24H25N3O5S. The van der Waals surface area contributed by atoms with E-state index in [1.54, 1.807) is 48.5 Å². The van der Waals surface area contributed by atoms with Crippen molar-refractivity contribution in [3.05, 3.63) is 89.5 Å². The first-order valence-electron chi connectivity index (χ1n) is 10.1. The molecular weight excluding hydrogens is 442 g/mol. The second-order valence-corrected chi connectivity index (χ2v) is 9.24. The molecule has 0 unspecified atom stereocenters. The number of sulfonamides is 1. The van der Waals surface area contributed by atoms with E-state index in [0.29, 0.717) is 30.0 Å². The topological polar surface area (TPSA) is 119 Å². The van der Waals surface area contributed by atoms with Crippen molar-refractivity contribution in [2.45, 2.75) is 11.3 Å². The Morgan fingerprint density at radius 1 is 0.970 bits per heavy atom. The number of ether oxygens (including phenoxy) is 1. The van der Waals surface area contributed by atoms with Crippen molar-refractivity contribution in [1.29, 1.82) is 0 Å². The fourth-order valence-corrected chi connectivity index (χ4v) is 4.43. The molecule has 33 heavy (non-hydrogen) atoms. The zero-order valence-electron chi connectivity index (χ0n) is 18.3. The first-order valence-corrected chi connectivity index (χ1v) is 11.6. The van der Waals surface area contributed by atoms with E-state index in [2.05, 4.69) is 5.32 Å². The lowest BCUT2D eigenvalue weighted by molar-refractivity contribution is 0.0952. The number of methoxy groups -OCH3 is 1. The van der Waals surface area contributed by atoms with Crippen molar-refractivity contribution in [2.24, 2.45) is 5.73 Å². The molecule has 3 N–H and O–H groups in total. The molecule has 172 valence electrons. The smallest absolute Gasteiger partial charge is 0.264 e. The highest BCUT2D eigenvalue weighted by atomic mass is 32.2. The standard InChI is InChI=1S/C24H25N3O5S/c1-27(20-9-11-21(32-2)12-10-20)33(30,31)22-8-4-7-19(16-22)24(29)26-14-13-17-5-3-6-18(15-17)23(25)28/h3-12,15-16H,13-14H2,1-2H3,(H2,25,28)(H,26,29). The van der Waals surface area contributed by atoms with Crippen molar-refractivity contribution in [3.8, 4) is 5.75 Å². The third kappa shape index (κ3) is 5.69. The third-order valence-corrected chi connectivity index (χ3v) is 6.88. The highest BCUT2D eigenvalue weighted by Crippen LogP contribution is 2.24. The summed E-state index contributed by atoms with van der Waals surface area (Å²) < 4.78 is 32.4. The number of nitrogens with zero attached hydrogens (tertiary/aromatic N) is 1. The number of anilines is 1. The lowest BCUT2D eigenvalue weighted by Gasteiger charge is -2.20. The van der Waals surface area contributed by atoms with Crippen LogP contribution in [0.4, 0.5) is 5.69 Å². The van der Waals surface area contributed by atoms with E-state index >= 15 is 0 Å². The van der Waals surface area contributed by atoms with Gasteiger partial charge < -0.3 is 15.8 Å². The molecule has 0 heterocycles. The molecule has 0 saturated heterocycles. The third-order valence-electron chi connectivity index (χ3n) is 5.10. The van der Waals surface area contributed by atoms with Gasteiger partial charge in [-0.05, 0) is 66.6 Å². The van der Waals surface area contributed by atoms with E-state index in [-0.39, 0.29) is 10.5 Å². The van der Waals surface area contributed by atoms with Gasteiger partial charge in [0.2, 0.25) is 5.91 Å². The van der Waals surface area contributed by atoms with Crippen LogP contribution in [0.15, 0.2) is 77.7 Å². The van der Waals surface area contributed by atoms with Crippen LogP contribution in [0.1, 0.15) is 26.3 Å². The van der Waals surface area contributed by atoms with E-state index in [1.807, 2.05) is 6.07 Å². The van der Waals surface area contributed by atoms with Crippen LogP contribution in [0.3, 0.4) is 0 Å². The number of hydrogen-bond donors (Lipinski definition) is 2. The number of rotatable bonds is 9. The van der Waals surface area contributed by atoms with Crippen LogP contribution in [0, 0.1) is 0 Å². The summed E-state index contributed by atoms with van der Waals surface area (Å²) in [7, 11) is -0.895. The fourth-order valence-electron chi connectivity index (χ4n) is 3.19. The summed E-state index contributed by atoms with van der Waals surface area (Å²) in [5, 5.41) is 2.77. The molecule has 0 spiro atoms. The van der Waals surface area contributed by atoms with Gasteiger partial charge >= 0.3 is 0 Å². The minimum absolute atomic E-state index is 0.00243. The second-order valence-electron chi connectivity index (χ2n) is 7.27. The van der Waals surface area contributed by atoms with Crippen LogP contribution in [0.2, 0.25) is 0 Å². The number of nitrogens with two attached hydrogens (primary N) is 1. The normalized spacial score (nSPS) is 11.0. The highest BCUT2D eigenvalue weighted by molar-refractivity contribution is 7.92. The molecule has 3 aromatic rings. The van der Waals surface area contributed by atoms with Gasteiger partial charge in [0.15, 0.2) is 0 Å². The molecule has 0 atom stereocenters. The first-order chi connectivity index (χ1) is 15.7. The largest absolute Gasteiger partial charge is 0.497 e. The van der Waals surface area contributed by atoms with Gasteiger partial charge in [-0.25, -0.2) is 8.42 Å². The van der Waals surface area contributed by atoms with E-state index in [1.165, 1.54) is 32.4 Å². The van der Waals surface area contributed by atoms with Gasteiger partial charge in [0, 0.05) is 24.7 Å². The molecule has 0 radical (unpaired) electrons. The van der Waals surface area contributed by atoms with Gasteiger partial charge in [-0.1, -0.05) is 18.2 Å². The Labute approximate surface area is 193 Å². The fraction of sp³-hybridized carbons (Fsp3) is 0.167. The van der Waals surface area contributed by atoms with Crippen LogP contribution in [-0.2, 0) is 16.4 Å². The average Bonchev–Trinajstić information content (AvgIpc) is 2.83. The van der Waals surface area contributed by atoms with Gasteiger partial charge in [0.05, 0.1) is 17.7 Å². The molecule has 9 heteroatoms. The van der Waals surface area contributed by atoms with E-state index in [9.17, 15) is 18.0 Å². The number of carbonyl (C=O) groups is 2. The maximum atomic E-state index is 13.1. The van der Waals surface area contributed by atoms with Crippen molar-refractivity contribution < 1.29 is 22.7 Å². The van der Waals surface area contributed by atoms with Gasteiger partial charge in [-0.2, -0.15) is 0 Å². The molecule has 0 bridgehead atoms. The quantitative estimate of drug-likeness (QED) is 0.501. The van der Waals surface area contributed by atoms with Crippen LogP contribution in [0.5, 0.6) is 5.75 Å². The molecule has 3 rings (SSSR count). The minimum atomic E-state index is -3.88. The SMILES string of the molecule is COc1ccc(N(C)S(=O)(=O)c2cccc(C(=O)NCCc3cccc(C(N)=O)c3)c2)cc1. The van der Waals surface area contributed by atoms with Gasteiger partial charge in [0.25, 0.3) is 15.9 Å². The van der Waals surface area contributed by atoms with Crippen molar-refractivity contribution >= 4 is 27.5 Å². The molecule has 0 aliphatic rings. The lowest BCUT2D eigenvalue weighted by Crippen LogP contribution is -2.28. The van der Waals surface area contributed by atoms with Crippen molar-refractivity contribution in [1.82, 2.24) is 5.32 Å². The Hall–Kier alpha value is -3.85. The van der Waals surface area contributed by atoms with Gasteiger partial charge in [0.1, 0.15) is 5.75 Å². The zero-order valence-corrected chi connectivity index (χ0v) is 19.1. The monoisotopic (exact) mass is 467 g/mol. The molecule has 0 aliphatic carbocycles. The molecule has 0 aromatic heterocycles. The molecule has 3 aromatic carbocycles. The average molecular weight is 468 g/mol. The Kier molecular flexibility index (Phi) is 7.34. The molecule has 8 nitrogen and oxygen atoms in total. The van der Waals surface area contributed by atoms with Gasteiger partial charge in [-0.15, -0.1) is 0 Å². The van der Waals surface area contributed by atoms with Crippen LogP contribution < -0.4 is 20.1 Å². The van der Waals surface area contributed by atoms with Crippen LogP contribution in [0.25, 0.3) is 0 Å². The Morgan fingerprint density at radius 2 is 1.64 bits per heavy atom. The number of nitrogens with one attached hydrogen (secondary N) is 1. The predicted molar refractivity (Wildman–Crippen MR) is 126 cm³/mol. The van der Waals surface area contributed by atoms with Crippen LogP contribution >= 0.6 is 0 Å². The van der Waals surface area contributed by atoms with E-state index < -0.39 is 21.8 Å². The van der Waals surface area contributed by atoms with Crippen LogP contribution in [-0.4, -0.2) is 40.9 Å². The van der Waals surface area contributed by atoms with Gasteiger partial charge in [-0.3, -0.25) is 13.9 Å². The lowest BCUT2D eigenvalue weighted by atomic mass is 10.1. The summed E-state index contributed by atoms with van der Waals surface area (Å²) in [5.74, 6) is -0.298. The maximum absolute atomic E-state index is 13.1. The molecule has 0 saturated carbocycles. The van der Waals surface area contributed by atoms with E-state index in [4.69, 9.17) is 10.5 Å². The molecule has 0 aliphatic heterocycles. The summed E-state index contributed by atoms with van der Waals surface area (Å²) in [5.41, 5.74) is 7.23. The summed E-state index contributed by atoms with van der Waals surface area (Å²) in [4.78, 5) is 23.9. The second kappa shape index (κ2) is 10.2. The van der Waals surface area contributed by atoms with Crippen molar-refractivity contribution in [3.63, 3.8) is 0 Å². The number of primary amides is 1. The Morgan fingerprint density at radius 3 is 2.30 bits per heavy atom. The maximum Gasteiger partial charge on any atom is 0.264 e. The minimum Gasteiger partial charge on any atom is -0.497 e. The Bertz CT molecular complexity index is 1260. The number of carbonyl (C=O) groups excluding carboxylic acids is 2. The van der Waals surface area contributed by atoms with E-state index in [0.717, 1.165) is 9.87 Å². The molecule has 0 fully saturated rings. The van der Waals surface area contributed by atoms with Crippen molar-refractivity contribution in [2.75, 3.05) is 25.0 Å². The number of benzene rings is 3. The summed E-state index contributed by atoms with van der Waals surface area (Å²) in [6.07, 6.45) is 0.491. The number of hydrogen-bond acceptors (Lipinski definition) is 5. The number of amides is 2. The Balaban J connectivity index is 1.69. The summed E-state index contributed by atoms with van der Waals surface area (Å²) in [6.45, 7) is 0.309.